The Hall–Kier alpha value is -0.870. The van der Waals surface area contributed by atoms with Gasteiger partial charge in [0, 0.05) is 18.1 Å². The fourth-order valence-corrected chi connectivity index (χ4v) is 2.63. The fraction of sp³-hybridized carbons (Fsp3) is 0.538. The second-order valence-corrected chi connectivity index (χ2v) is 6.69. The van der Waals surface area contributed by atoms with Crippen LogP contribution in [0.15, 0.2) is 24.3 Å². The van der Waals surface area contributed by atoms with Crippen molar-refractivity contribution in [1.29, 1.82) is 0 Å². The van der Waals surface area contributed by atoms with Crippen LogP contribution in [0.2, 0.25) is 0 Å². The van der Waals surface area contributed by atoms with E-state index < -0.39 is 9.84 Å². The van der Waals surface area contributed by atoms with Crippen LogP contribution in [-0.2, 0) is 16.3 Å². The summed E-state index contributed by atoms with van der Waals surface area (Å²) in [5.41, 5.74) is 8.50. The Bertz CT molecular complexity index is 454. The predicted molar refractivity (Wildman–Crippen MR) is 71.7 cm³/mol. The molecular weight excluding hydrogens is 234 g/mol. The van der Waals surface area contributed by atoms with E-state index in [0.29, 0.717) is 12.8 Å². The molecule has 0 aliphatic rings. The summed E-state index contributed by atoms with van der Waals surface area (Å²) in [5.74, 6) is 0.217. The van der Waals surface area contributed by atoms with Gasteiger partial charge in [0.15, 0.2) is 0 Å². The second-order valence-electron chi connectivity index (χ2n) is 4.43. The minimum absolute atomic E-state index is 0.0621. The zero-order valence-electron chi connectivity index (χ0n) is 10.5. The summed E-state index contributed by atoms with van der Waals surface area (Å²) in [5, 5.41) is 0. The largest absolute Gasteiger partial charge is 0.324 e. The van der Waals surface area contributed by atoms with Gasteiger partial charge < -0.3 is 5.73 Å². The van der Waals surface area contributed by atoms with Crippen molar-refractivity contribution in [2.75, 3.05) is 12.0 Å². The number of hydrogen-bond donors (Lipinski definition) is 1. The lowest BCUT2D eigenvalue weighted by atomic mass is 9.96. The molecule has 0 heterocycles. The molecule has 0 radical (unpaired) electrons. The molecule has 17 heavy (non-hydrogen) atoms. The topological polar surface area (TPSA) is 60.2 Å². The monoisotopic (exact) mass is 255 g/mol. The number of aryl methyl sites for hydroxylation is 1. The first-order valence-corrected chi connectivity index (χ1v) is 8.01. The Kier molecular flexibility index (Phi) is 5.15. The van der Waals surface area contributed by atoms with Crippen molar-refractivity contribution in [3.8, 4) is 0 Å². The second kappa shape index (κ2) is 6.17. The molecule has 0 saturated carbocycles. The predicted octanol–water partition coefficient (Wildman–Crippen LogP) is 2.07. The zero-order valence-corrected chi connectivity index (χ0v) is 11.3. The number of nitrogens with two attached hydrogens (primary N) is 1. The van der Waals surface area contributed by atoms with Crippen LogP contribution in [0.3, 0.4) is 0 Å². The Balaban J connectivity index is 2.61. The Labute approximate surface area is 104 Å². The van der Waals surface area contributed by atoms with Gasteiger partial charge >= 0.3 is 0 Å². The van der Waals surface area contributed by atoms with Gasteiger partial charge in [-0.25, -0.2) is 8.42 Å². The molecule has 0 amide bonds. The Morgan fingerprint density at radius 2 is 1.94 bits per heavy atom. The zero-order chi connectivity index (χ0) is 12.9. The summed E-state index contributed by atoms with van der Waals surface area (Å²) in [6, 6.07) is 8.03. The van der Waals surface area contributed by atoms with Crippen LogP contribution in [0, 0.1) is 0 Å². The fourth-order valence-electron chi connectivity index (χ4n) is 1.94. The summed E-state index contributed by atoms with van der Waals surface area (Å²) in [6.07, 6.45) is 3.55. The standard InChI is InChI=1S/C13H21NO2S/c1-3-11-7-4-5-8-12(11)13(14)9-6-10-17(2,15)16/h4-5,7-8,13H,3,6,9-10,14H2,1-2H3. The van der Waals surface area contributed by atoms with E-state index in [0.717, 1.165) is 12.0 Å². The van der Waals surface area contributed by atoms with Gasteiger partial charge in [0.2, 0.25) is 0 Å². The highest BCUT2D eigenvalue weighted by Crippen LogP contribution is 2.20. The normalized spacial score (nSPS) is 13.6. The Morgan fingerprint density at radius 1 is 1.29 bits per heavy atom. The van der Waals surface area contributed by atoms with Crippen molar-refractivity contribution in [2.24, 2.45) is 5.73 Å². The van der Waals surface area contributed by atoms with E-state index in [1.165, 1.54) is 11.8 Å². The maximum atomic E-state index is 11.0. The van der Waals surface area contributed by atoms with E-state index in [9.17, 15) is 8.42 Å². The number of rotatable bonds is 6. The van der Waals surface area contributed by atoms with Gasteiger partial charge in [0.25, 0.3) is 0 Å². The maximum absolute atomic E-state index is 11.0. The van der Waals surface area contributed by atoms with Crippen LogP contribution < -0.4 is 5.73 Å². The first kappa shape index (κ1) is 14.2. The number of benzene rings is 1. The summed E-state index contributed by atoms with van der Waals surface area (Å²) in [6.45, 7) is 2.10. The first-order chi connectivity index (χ1) is 7.94. The van der Waals surface area contributed by atoms with Gasteiger partial charge in [-0.2, -0.15) is 0 Å². The van der Waals surface area contributed by atoms with Crippen molar-refractivity contribution >= 4 is 9.84 Å². The van der Waals surface area contributed by atoms with E-state index in [4.69, 9.17) is 5.73 Å². The van der Waals surface area contributed by atoms with Crippen LogP contribution in [-0.4, -0.2) is 20.4 Å². The molecule has 4 heteroatoms. The van der Waals surface area contributed by atoms with Gasteiger partial charge in [-0.15, -0.1) is 0 Å². The van der Waals surface area contributed by atoms with Gasteiger partial charge in [-0.05, 0) is 30.4 Å². The highest BCUT2D eigenvalue weighted by atomic mass is 32.2. The summed E-state index contributed by atoms with van der Waals surface area (Å²) < 4.78 is 22.1. The quantitative estimate of drug-likeness (QED) is 0.846. The molecule has 1 atom stereocenters. The smallest absolute Gasteiger partial charge is 0.147 e. The molecular formula is C13H21NO2S. The lowest BCUT2D eigenvalue weighted by Gasteiger charge is -2.15. The van der Waals surface area contributed by atoms with Crippen LogP contribution >= 0.6 is 0 Å². The molecule has 0 aliphatic carbocycles. The summed E-state index contributed by atoms with van der Waals surface area (Å²) in [4.78, 5) is 0. The van der Waals surface area contributed by atoms with Crippen LogP contribution in [0.25, 0.3) is 0 Å². The molecule has 3 nitrogen and oxygen atoms in total. The average molecular weight is 255 g/mol. The van der Waals surface area contributed by atoms with Crippen molar-refractivity contribution in [2.45, 2.75) is 32.2 Å². The number of hydrogen-bond acceptors (Lipinski definition) is 3. The van der Waals surface area contributed by atoms with Crippen LogP contribution in [0.1, 0.15) is 36.9 Å². The first-order valence-electron chi connectivity index (χ1n) is 5.95. The van der Waals surface area contributed by atoms with Crippen LogP contribution in [0.4, 0.5) is 0 Å². The van der Waals surface area contributed by atoms with Gasteiger partial charge in [0.05, 0.1) is 0 Å². The molecule has 96 valence electrons. The molecule has 1 unspecified atom stereocenters. The number of sulfone groups is 1. The van der Waals surface area contributed by atoms with Crippen molar-refractivity contribution in [3.63, 3.8) is 0 Å². The lowest BCUT2D eigenvalue weighted by molar-refractivity contribution is 0.587. The van der Waals surface area contributed by atoms with Gasteiger partial charge in [0.1, 0.15) is 9.84 Å². The third-order valence-corrected chi connectivity index (χ3v) is 3.90. The SMILES string of the molecule is CCc1ccccc1C(N)CCCS(C)(=O)=O. The molecule has 0 bridgehead atoms. The van der Waals surface area contributed by atoms with Crippen molar-refractivity contribution < 1.29 is 8.42 Å². The lowest BCUT2D eigenvalue weighted by Crippen LogP contribution is -2.14. The average Bonchev–Trinajstić information content (AvgIpc) is 2.27. The van der Waals surface area contributed by atoms with E-state index in [2.05, 4.69) is 13.0 Å². The van der Waals surface area contributed by atoms with Crippen molar-refractivity contribution in [3.05, 3.63) is 35.4 Å². The summed E-state index contributed by atoms with van der Waals surface area (Å²) in [7, 11) is -2.87. The highest BCUT2D eigenvalue weighted by molar-refractivity contribution is 7.90. The van der Waals surface area contributed by atoms with E-state index in [1.54, 1.807) is 0 Å². The Morgan fingerprint density at radius 3 is 2.53 bits per heavy atom. The van der Waals surface area contributed by atoms with Gasteiger partial charge in [-0.1, -0.05) is 31.2 Å². The van der Waals surface area contributed by atoms with E-state index in [1.807, 2.05) is 18.2 Å². The van der Waals surface area contributed by atoms with Crippen molar-refractivity contribution in [1.82, 2.24) is 0 Å². The van der Waals surface area contributed by atoms with E-state index in [-0.39, 0.29) is 11.8 Å². The molecule has 0 saturated heterocycles. The third-order valence-electron chi connectivity index (χ3n) is 2.87. The van der Waals surface area contributed by atoms with Crippen LogP contribution in [0.5, 0.6) is 0 Å². The minimum atomic E-state index is -2.87. The van der Waals surface area contributed by atoms with Gasteiger partial charge in [-0.3, -0.25) is 0 Å². The molecule has 1 aromatic carbocycles. The maximum Gasteiger partial charge on any atom is 0.147 e. The molecule has 2 N–H and O–H groups in total. The molecule has 0 aliphatic heterocycles. The molecule has 1 rings (SSSR count). The molecule has 0 spiro atoms. The molecule has 0 fully saturated rings. The minimum Gasteiger partial charge on any atom is -0.324 e. The summed E-state index contributed by atoms with van der Waals surface area (Å²) >= 11 is 0. The molecule has 1 aromatic rings. The highest BCUT2D eigenvalue weighted by Gasteiger charge is 2.11. The molecule has 0 aromatic heterocycles. The third kappa shape index (κ3) is 4.88. The van der Waals surface area contributed by atoms with E-state index >= 15 is 0 Å².